The van der Waals surface area contributed by atoms with Crippen LogP contribution >= 0.6 is 0 Å². The molecule has 6 heteroatoms. The molecule has 0 bridgehead atoms. The number of hydrogen-bond acceptors (Lipinski definition) is 3. The molecule has 0 aliphatic heterocycles. The van der Waals surface area contributed by atoms with Crippen molar-refractivity contribution in [3.05, 3.63) is 42.2 Å². The third kappa shape index (κ3) is 3.46. The number of rotatable bonds is 6. The van der Waals surface area contributed by atoms with Crippen molar-refractivity contribution in [3.63, 3.8) is 0 Å². The lowest BCUT2D eigenvalue weighted by Gasteiger charge is -2.18. The van der Waals surface area contributed by atoms with Crippen molar-refractivity contribution in [2.45, 2.75) is 32.4 Å². The van der Waals surface area contributed by atoms with Gasteiger partial charge in [-0.05, 0) is 12.5 Å². The molecule has 1 heterocycles. The second kappa shape index (κ2) is 6.36. The highest BCUT2D eigenvalue weighted by molar-refractivity contribution is 5.45. The van der Waals surface area contributed by atoms with Crippen LogP contribution in [0.4, 0.5) is 14.5 Å². The van der Waals surface area contributed by atoms with Gasteiger partial charge in [0.05, 0.1) is 17.9 Å². The summed E-state index contributed by atoms with van der Waals surface area (Å²) in [7, 11) is 0. The number of halogens is 2. The van der Waals surface area contributed by atoms with E-state index in [1.807, 2.05) is 19.1 Å². The maximum Gasteiger partial charge on any atom is 0.257 e. The number of nitrogens with one attached hydrogen (secondary N) is 1. The quantitative estimate of drug-likeness (QED) is 0.853. The number of phenolic OH excluding ortho intramolecular Hbond substituents is 1. The Bertz CT molecular complexity index is 557. The third-order valence-corrected chi connectivity index (χ3v) is 3.02. The van der Waals surface area contributed by atoms with Gasteiger partial charge in [-0.3, -0.25) is 4.68 Å². The van der Waals surface area contributed by atoms with Crippen molar-refractivity contribution in [3.8, 4) is 5.75 Å². The fourth-order valence-corrected chi connectivity index (χ4v) is 2.06. The minimum Gasteiger partial charge on any atom is -0.508 e. The van der Waals surface area contributed by atoms with Crippen LogP contribution in [0, 0.1) is 0 Å². The topological polar surface area (TPSA) is 50.1 Å². The summed E-state index contributed by atoms with van der Waals surface area (Å²) in [6, 6.07) is 6.96. The summed E-state index contributed by atoms with van der Waals surface area (Å²) in [5.74, 6) is 0.215. The van der Waals surface area contributed by atoms with E-state index in [1.54, 1.807) is 12.1 Å². The van der Waals surface area contributed by atoms with Crippen molar-refractivity contribution in [2.24, 2.45) is 0 Å². The first-order valence-corrected chi connectivity index (χ1v) is 6.45. The summed E-state index contributed by atoms with van der Waals surface area (Å²) < 4.78 is 25.7. The van der Waals surface area contributed by atoms with E-state index >= 15 is 0 Å². The molecule has 1 aromatic carbocycles. The van der Waals surface area contributed by atoms with Gasteiger partial charge in [0.1, 0.15) is 12.3 Å². The Labute approximate surface area is 116 Å². The van der Waals surface area contributed by atoms with Gasteiger partial charge < -0.3 is 10.4 Å². The van der Waals surface area contributed by atoms with Crippen LogP contribution in [0.15, 0.2) is 36.7 Å². The van der Waals surface area contributed by atoms with Crippen LogP contribution in [-0.4, -0.2) is 21.3 Å². The van der Waals surface area contributed by atoms with E-state index in [4.69, 9.17) is 0 Å². The summed E-state index contributed by atoms with van der Waals surface area (Å²) in [6.07, 6.45) is 1.36. The number of benzene rings is 1. The normalized spacial score (nSPS) is 12.6. The Morgan fingerprint density at radius 1 is 1.35 bits per heavy atom. The number of aromatic nitrogens is 2. The molecule has 108 valence electrons. The summed E-state index contributed by atoms with van der Waals surface area (Å²) in [4.78, 5) is 0. The first-order valence-electron chi connectivity index (χ1n) is 6.45. The average molecular weight is 281 g/mol. The molecule has 1 aromatic heterocycles. The van der Waals surface area contributed by atoms with Gasteiger partial charge in [-0.2, -0.15) is 5.10 Å². The Morgan fingerprint density at radius 2 is 2.10 bits per heavy atom. The summed E-state index contributed by atoms with van der Waals surface area (Å²) in [5, 5.41) is 16.9. The summed E-state index contributed by atoms with van der Waals surface area (Å²) in [6.45, 7) is 1.56. The highest BCUT2D eigenvalue weighted by atomic mass is 19.3. The lowest BCUT2D eigenvalue weighted by atomic mass is 10.0. The zero-order valence-electron chi connectivity index (χ0n) is 11.1. The number of nitrogens with zero attached hydrogens (tertiary/aromatic N) is 2. The van der Waals surface area contributed by atoms with Crippen LogP contribution in [0.2, 0.25) is 0 Å². The van der Waals surface area contributed by atoms with Gasteiger partial charge in [0.15, 0.2) is 0 Å². The smallest absolute Gasteiger partial charge is 0.257 e. The molecule has 2 N–H and O–H groups in total. The maximum absolute atomic E-state index is 12.3. The van der Waals surface area contributed by atoms with Gasteiger partial charge in [0.2, 0.25) is 0 Å². The number of phenols is 1. The predicted octanol–water partition coefficient (Wildman–Crippen LogP) is 3.42. The molecule has 1 atom stereocenters. The molecule has 2 aromatic rings. The summed E-state index contributed by atoms with van der Waals surface area (Å²) >= 11 is 0. The second-order valence-electron chi connectivity index (χ2n) is 4.51. The molecule has 1 unspecified atom stereocenters. The largest absolute Gasteiger partial charge is 0.508 e. The molecule has 0 aliphatic carbocycles. The van der Waals surface area contributed by atoms with E-state index in [1.165, 1.54) is 17.1 Å². The fourth-order valence-electron chi connectivity index (χ4n) is 2.06. The molecule has 0 saturated carbocycles. The van der Waals surface area contributed by atoms with E-state index in [-0.39, 0.29) is 11.8 Å². The van der Waals surface area contributed by atoms with Gasteiger partial charge in [-0.1, -0.05) is 25.1 Å². The first kappa shape index (κ1) is 14.3. The Morgan fingerprint density at radius 3 is 2.75 bits per heavy atom. The van der Waals surface area contributed by atoms with Crippen LogP contribution < -0.4 is 5.32 Å². The molecule has 0 fully saturated rings. The average Bonchev–Trinajstić information content (AvgIpc) is 2.83. The van der Waals surface area contributed by atoms with Crippen LogP contribution in [0.3, 0.4) is 0 Å². The molecule has 0 spiro atoms. The minimum atomic E-state index is -2.43. The van der Waals surface area contributed by atoms with Crippen LogP contribution in [0.1, 0.15) is 24.9 Å². The third-order valence-electron chi connectivity index (χ3n) is 3.02. The zero-order chi connectivity index (χ0) is 14.5. The molecule has 0 amide bonds. The second-order valence-corrected chi connectivity index (χ2v) is 4.51. The minimum absolute atomic E-state index is 0.0969. The fraction of sp³-hybridized carbons (Fsp3) is 0.357. The maximum atomic E-state index is 12.3. The van der Waals surface area contributed by atoms with Crippen LogP contribution in [0.25, 0.3) is 0 Å². The van der Waals surface area contributed by atoms with Gasteiger partial charge in [0, 0.05) is 11.8 Å². The monoisotopic (exact) mass is 281 g/mol. The van der Waals surface area contributed by atoms with Crippen LogP contribution in [0.5, 0.6) is 5.75 Å². The molecule has 20 heavy (non-hydrogen) atoms. The predicted molar refractivity (Wildman–Crippen MR) is 73.0 cm³/mol. The molecular weight excluding hydrogens is 264 g/mol. The zero-order valence-corrected chi connectivity index (χ0v) is 11.1. The van der Waals surface area contributed by atoms with Gasteiger partial charge >= 0.3 is 0 Å². The molecule has 0 aliphatic rings. The van der Waals surface area contributed by atoms with Gasteiger partial charge in [-0.15, -0.1) is 0 Å². The van der Waals surface area contributed by atoms with Crippen molar-refractivity contribution < 1.29 is 13.9 Å². The Hall–Kier alpha value is -2.11. The highest BCUT2D eigenvalue weighted by Gasteiger charge is 2.14. The standard InChI is InChI=1S/C14H17F2N3O/c1-2-12(11-5-3-4-6-13(11)20)18-10-7-17-19(8-10)9-14(15)16/h3-8,12,14,18,20H,2,9H2,1H3. The number of aromatic hydroxyl groups is 1. The number of anilines is 1. The highest BCUT2D eigenvalue weighted by Crippen LogP contribution is 2.28. The van der Waals surface area contributed by atoms with E-state index in [0.29, 0.717) is 5.69 Å². The van der Waals surface area contributed by atoms with Gasteiger partial charge in [-0.25, -0.2) is 8.78 Å². The molecule has 4 nitrogen and oxygen atoms in total. The summed E-state index contributed by atoms with van der Waals surface area (Å²) in [5.41, 5.74) is 1.43. The first-order chi connectivity index (χ1) is 9.60. The van der Waals surface area contributed by atoms with E-state index in [0.717, 1.165) is 12.0 Å². The van der Waals surface area contributed by atoms with Crippen molar-refractivity contribution in [2.75, 3.05) is 5.32 Å². The van der Waals surface area contributed by atoms with Crippen LogP contribution in [-0.2, 0) is 6.54 Å². The number of para-hydroxylation sites is 1. The van der Waals surface area contributed by atoms with Crippen molar-refractivity contribution in [1.29, 1.82) is 0 Å². The van der Waals surface area contributed by atoms with E-state index in [2.05, 4.69) is 10.4 Å². The van der Waals surface area contributed by atoms with E-state index in [9.17, 15) is 13.9 Å². The lowest BCUT2D eigenvalue weighted by Crippen LogP contribution is -2.10. The molecule has 2 rings (SSSR count). The molecular formula is C14H17F2N3O. The lowest BCUT2D eigenvalue weighted by molar-refractivity contribution is 0.122. The van der Waals surface area contributed by atoms with Crippen molar-refractivity contribution >= 4 is 5.69 Å². The molecule has 0 radical (unpaired) electrons. The molecule has 0 saturated heterocycles. The number of hydrogen-bond donors (Lipinski definition) is 2. The number of alkyl halides is 2. The Balaban J connectivity index is 2.11. The van der Waals surface area contributed by atoms with Crippen molar-refractivity contribution in [1.82, 2.24) is 9.78 Å². The Kier molecular flexibility index (Phi) is 4.55. The van der Waals surface area contributed by atoms with E-state index < -0.39 is 13.0 Å². The SMILES string of the molecule is CCC(Nc1cnn(CC(F)F)c1)c1ccccc1O. The van der Waals surface area contributed by atoms with Gasteiger partial charge in [0.25, 0.3) is 6.43 Å².